The number of para-hydroxylation sites is 2. The largest absolute Gasteiger partial charge is 0.354 e. The van der Waals surface area contributed by atoms with E-state index in [1.165, 1.54) is 21.9 Å². The van der Waals surface area contributed by atoms with Crippen LogP contribution in [-0.2, 0) is 10.8 Å². The molecule has 6 aromatic carbocycles. The number of nitrogens with zero attached hydrogens (tertiary/aromatic N) is 4. The fourth-order valence-corrected chi connectivity index (χ4v) is 7.83. The molecule has 1 N–H and O–H groups in total. The van der Waals surface area contributed by atoms with Crippen molar-refractivity contribution in [2.75, 3.05) is 0 Å². The Balaban J connectivity index is 1.28. The minimum absolute atomic E-state index is 0.0254. The number of H-pyrrole nitrogens is 1. The third kappa shape index (κ3) is 6.04. The highest BCUT2D eigenvalue weighted by Gasteiger charge is 2.25. The molecule has 5 nitrogen and oxygen atoms in total. The van der Waals surface area contributed by atoms with Crippen molar-refractivity contribution in [2.45, 2.75) is 52.4 Å². The Bertz CT molecular complexity index is 2980. The van der Waals surface area contributed by atoms with Crippen LogP contribution in [0, 0.1) is 11.3 Å². The van der Waals surface area contributed by atoms with E-state index in [9.17, 15) is 5.26 Å². The molecule has 0 aliphatic carbocycles. The molecule has 0 saturated carbocycles. The van der Waals surface area contributed by atoms with Crippen molar-refractivity contribution in [1.82, 2.24) is 19.5 Å². The van der Waals surface area contributed by atoms with E-state index >= 15 is 0 Å². The molecular weight excluding hydrogens is 683 g/mol. The second-order valence-electron chi connectivity index (χ2n) is 16.8. The van der Waals surface area contributed by atoms with Gasteiger partial charge in [0.15, 0.2) is 0 Å². The molecule has 0 fully saturated rings. The Morgan fingerprint density at radius 3 is 2.00 bits per heavy atom. The number of nitrogens with one attached hydrogen (secondary N) is 1. The Morgan fingerprint density at radius 1 is 0.589 bits per heavy atom. The summed E-state index contributed by atoms with van der Waals surface area (Å²) in [6.07, 6.45) is 1.68. The lowest BCUT2D eigenvalue weighted by atomic mass is 9.84. The van der Waals surface area contributed by atoms with Gasteiger partial charge in [-0.15, -0.1) is 0 Å². The summed E-state index contributed by atoms with van der Waals surface area (Å²) in [6.45, 7) is 13.7. The lowest BCUT2D eigenvalue weighted by Gasteiger charge is -2.21. The maximum absolute atomic E-state index is 9.91. The SMILES string of the molecule is CC(C)(C)c1ccc2[nH]c3c(-c4nc5c(-c6cccc(-c7cc(-c8ccccc8)c(C#N)cn7)c6)cccc5n4-c4ccccc4)cc(C(C)(C)C)cc3c2c1. The molecule has 272 valence electrons. The van der Waals surface area contributed by atoms with Gasteiger partial charge in [-0.1, -0.05) is 126 Å². The van der Waals surface area contributed by atoms with Gasteiger partial charge in [0, 0.05) is 50.4 Å². The maximum Gasteiger partial charge on any atom is 0.147 e. The van der Waals surface area contributed by atoms with Crippen molar-refractivity contribution in [2.24, 2.45) is 0 Å². The Kier molecular flexibility index (Phi) is 8.25. The lowest BCUT2D eigenvalue weighted by molar-refractivity contribution is 0.590. The quantitative estimate of drug-likeness (QED) is 0.192. The van der Waals surface area contributed by atoms with E-state index in [1.54, 1.807) is 6.20 Å². The van der Waals surface area contributed by atoms with Crippen molar-refractivity contribution in [3.05, 3.63) is 162 Å². The van der Waals surface area contributed by atoms with Gasteiger partial charge >= 0.3 is 0 Å². The van der Waals surface area contributed by atoms with Crippen LogP contribution in [0.1, 0.15) is 58.2 Å². The molecule has 56 heavy (non-hydrogen) atoms. The highest BCUT2D eigenvalue weighted by atomic mass is 15.1. The highest BCUT2D eigenvalue weighted by molar-refractivity contribution is 6.13. The molecule has 0 radical (unpaired) electrons. The number of nitriles is 1. The van der Waals surface area contributed by atoms with E-state index in [0.717, 1.165) is 72.7 Å². The highest BCUT2D eigenvalue weighted by Crippen LogP contribution is 2.42. The zero-order valence-electron chi connectivity index (χ0n) is 32.6. The van der Waals surface area contributed by atoms with Gasteiger partial charge in [-0.3, -0.25) is 9.55 Å². The second kappa shape index (κ2) is 13.2. The number of fused-ring (bicyclic) bond motifs is 4. The minimum atomic E-state index is -0.0940. The molecule has 5 heteroatoms. The maximum atomic E-state index is 9.91. The third-order valence-corrected chi connectivity index (χ3v) is 11.0. The second-order valence-corrected chi connectivity index (χ2v) is 16.8. The van der Waals surface area contributed by atoms with Crippen LogP contribution >= 0.6 is 0 Å². The number of aromatic nitrogens is 4. The average molecular weight is 726 g/mol. The normalized spacial score (nSPS) is 12.1. The number of pyridine rings is 1. The molecule has 3 heterocycles. The Hall–Kier alpha value is -6.77. The number of imidazole rings is 1. The van der Waals surface area contributed by atoms with Gasteiger partial charge in [-0.05, 0) is 87.7 Å². The molecule has 9 rings (SSSR count). The van der Waals surface area contributed by atoms with Crippen LogP contribution in [0.4, 0.5) is 0 Å². The topological polar surface area (TPSA) is 70.3 Å². The van der Waals surface area contributed by atoms with Crippen LogP contribution in [0.5, 0.6) is 0 Å². The first-order valence-electron chi connectivity index (χ1n) is 19.2. The summed E-state index contributed by atoms with van der Waals surface area (Å²) in [7, 11) is 0. The van der Waals surface area contributed by atoms with Gasteiger partial charge in [0.1, 0.15) is 11.9 Å². The number of benzene rings is 6. The Morgan fingerprint density at radius 2 is 1.27 bits per heavy atom. The molecule has 0 saturated heterocycles. The van der Waals surface area contributed by atoms with Crippen LogP contribution in [-0.4, -0.2) is 19.5 Å². The van der Waals surface area contributed by atoms with Gasteiger partial charge < -0.3 is 4.98 Å². The number of rotatable bonds is 5. The van der Waals surface area contributed by atoms with Gasteiger partial charge in [0.05, 0.1) is 27.8 Å². The first kappa shape index (κ1) is 35.0. The van der Waals surface area contributed by atoms with Crippen molar-refractivity contribution >= 4 is 32.8 Å². The first-order valence-corrected chi connectivity index (χ1v) is 19.2. The summed E-state index contributed by atoms with van der Waals surface area (Å²) in [5, 5.41) is 12.3. The van der Waals surface area contributed by atoms with E-state index < -0.39 is 0 Å². The van der Waals surface area contributed by atoms with Gasteiger partial charge in [0.25, 0.3) is 0 Å². The number of hydrogen-bond acceptors (Lipinski definition) is 3. The molecule has 0 unspecified atom stereocenters. The van der Waals surface area contributed by atoms with E-state index in [0.29, 0.717) is 5.56 Å². The van der Waals surface area contributed by atoms with Gasteiger partial charge in [-0.25, -0.2) is 4.98 Å². The zero-order valence-corrected chi connectivity index (χ0v) is 32.6. The Labute approximate surface area is 328 Å². The van der Waals surface area contributed by atoms with Crippen molar-refractivity contribution < 1.29 is 0 Å². The monoisotopic (exact) mass is 725 g/mol. The smallest absolute Gasteiger partial charge is 0.147 e. The van der Waals surface area contributed by atoms with Crippen LogP contribution in [0.2, 0.25) is 0 Å². The number of hydrogen-bond donors (Lipinski definition) is 1. The molecule has 9 aromatic rings. The fraction of sp³-hybridized carbons (Fsp3) is 0.157. The summed E-state index contributed by atoms with van der Waals surface area (Å²) < 4.78 is 2.31. The summed E-state index contributed by atoms with van der Waals surface area (Å²) in [6, 6.07) is 51.4. The van der Waals surface area contributed by atoms with Gasteiger partial charge in [-0.2, -0.15) is 5.26 Å². The summed E-state index contributed by atoms with van der Waals surface area (Å²) in [4.78, 5) is 14.2. The fourth-order valence-electron chi connectivity index (χ4n) is 7.83. The predicted octanol–water partition coefficient (Wildman–Crippen LogP) is 13.2. The van der Waals surface area contributed by atoms with Crippen molar-refractivity contribution in [1.29, 1.82) is 5.26 Å². The van der Waals surface area contributed by atoms with E-state index in [2.05, 4.69) is 160 Å². The zero-order chi connectivity index (χ0) is 38.8. The van der Waals surface area contributed by atoms with Crippen molar-refractivity contribution in [3.63, 3.8) is 0 Å². The molecule has 3 aromatic heterocycles. The molecule has 0 spiro atoms. The summed E-state index contributed by atoms with van der Waals surface area (Å²) >= 11 is 0. The molecule has 0 aliphatic rings. The molecular formula is C51H43N5. The van der Waals surface area contributed by atoms with E-state index in [-0.39, 0.29) is 10.8 Å². The third-order valence-electron chi connectivity index (χ3n) is 11.0. The molecule has 0 amide bonds. The summed E-state index contributed by atoms with van der Waals surface area (Å²) in [5.74, 6) is 0.884. The van der Waals surface area contributed by atoms with Crippen LogP contribution in [0.3, 0.4) is 0 Å². The molecule has 0 bridgehead atoms. The minimum Gasteiger partial charge on any atom is -0.354 e. The molecule has 0 atom stereocenters. The van der Waals surface area contributed by atoms with Crippen LogP contribution in [0.25, 0.3) is 83.4 Å². The lowest BCUT2D eigenvalue weighted by Crippen LogP contribution is -2.11. The van der Waals surface area contributed by atoms with Crippen molar-refractivity contribution in [3.8, 4) is 56.7 Å². The predicted molar refractivity (Wildman–Crippen MR) is 232 cm³/mol. The molecule has 0 aliphatic heterocycles. The average Bonchev–Trinajstić information content (AvgIpc) is 3.79. The summed E-state index contributed by atoms with van der Waals surface area (Å²) in [5.41, 5.74) is 15.0. The van der Waals surface area contributed by atoms with Crippen LogP contribution in [0.15, 0.2) is 146 Å². The number of aromatic amines is 1. The van der Waals surface area contributed by atoms with E-state index in [1.807, 2.05) is 36.4 Å². The van der Waals surface area contributed by atoms with Gasteiger partial charge in [0.2, 0.25) is 0 Å². The first-order chi connectivity index (χ1) is 27.0. The van der Waals surface area contributed by atoms with Crippen LogP contribution < -0.4 is 0 Å². The van der Waals surface area contributed by atoms with E-state index in [4.69, 9.17) is 9.97 Å². The standard InChI is InChI=1S/C51H43N5/c1-50(2,3)36-23-24-44-41(26-36)42-27-37(51(4,5)6)28-43(47(42)54-44)49-55-48-39(21-14-22-46(48)56(49)38-19-11-8-12-20-38)33-17-13-18-34(25-33)45-29-40(35(30-52)31-53-45)32-15-9-7-10-16-32/h7-29,31,54H,1-6H3.